The summed E-state index contributed by atoms with van der Waals surface area (Å²) < 4.78 is 2.59. The van der Waals surface area contributed by atoms with Crippen molar-refractivity contribution in [1.29, 1.82) is 0 Å². The summed E-state index contributed by atoms with van der Waals surface area (Å²) in [4.78, 5) is 0. The lowest BCUT2D eigenvalue weighted by Gasteiger charge is -2.44. The summed E-state index contributed by atoms with van der Waals surface area (Å²) in [6.07, 6.45) is -2.31. The molecule has 2 atom stereocenters. The Morgan fingerprint density at radius 2 is 0.806 bits per heavy atom. The predicted molar refractivity (Wildman–Crippen MR) is 138 cm³/mol. The first kappa shape index (κ1) is 21.7. The standard InChI is InChI=1S/C28H28NPS/c1-23(25-15-7-3-8-16-25)29(24(2)26-17-9-4-10-18-26)30(31,27-19-11-5-12-20-27)28-21-13-6-14-22-28/h3-24H,1-2H3/t23-,24-/m0/s1. The number of hydrogen-bond acceptors (Lipinski definition) is 1. The summed E-state index contributed by atoms with van der Waals surface area (Å²) in [7, 11) is 0. The number of hydrogen-bond donors (Lipinski definition) is 0. The van der Waals surface area contributed by atoms with E-state index in [0.29, 0.717) is 0 Å². The van der Waals surface area contributed by atoms with Crippen LogP contribution in [0.2, 0.25) is 0 Å². The van der Waals surface area contributed by atoms with Gasteiger partial charge in [0.15, 0.2) is 0 Å². The van der Waals surface area contributed by atoms with Gasteiger partial charge < -0.3 is 0 Å². The normalized spacial score (nSPS) is 13.6. The number of rotatable bonds is 7. The lowest BCUT2D eigenvalue weighted by atomic mass is 10.0. The molecule has 0 N–H and O–H groups in total. The van der Waals surface area contributed by atoms with Gasteiger partial charge in [-0.15, -0.1) is 0 Å². The molecule has 0 spiro atoms. The largest absolute Gasteiger partial charge is 0.254 e. The highest BCUT2D eigenvalue weighted by Crippen LogP contribution is 2.56. The first-order chi connectivity index (χ1) is 15.1. The van der Waals surface area contributed by atoms with Gasteiger partial charge in [0.25, 0.3) is 0 Å². The molecule has 156 valence electrons. The summed E-state index contributed by atoms with van der Waals surface area (Å²) >= 11 is 6.75. The monoisotopic (exact) mass is 441 g/mol. The highest BCUT2D eigenvalue weighted by atomic mass is 32.4. The lowest BCUT2D eigenvalue weighted by Crippen LogP contribution is -2.36. The summed E-state index contributed by atoms with van der Waals surface area (Å²) in [6, 6.07) is 43.2. The van der Waals surface area contributed by atoms with E-state index in [1.54, 1.807) is 0 Å². The van der Waals surface area contributed by atoms with Gasteiger partial charge in [-0.05, 0) is 25.0 Å². The van der Waals surface area contributed by atoms with Crippen LogP contribution in [-0.4, -0.2) is 4.67 Å². The molecule has 1 nitrogen and oxygen atoms in total. The first-order valence-electron chi connectivity index (χ1n) is 10.7. The van der Waals surface area contributed by atoms with Crippen molar-refractivity contribution < 1.29 is 0 Å². The smallest absolute Gasteiger partial charge is 0.0720 e. The molecule has 0 aliphatic heterocycles. The zero-order valence-electron chi connectivity index (χ0n) is 18.0. The second kappa shape index (κ2) is 9.75. The molecule has 4 aromatic rings. The van der Waals surface area contributed by atoms with E-state index in [-0.39, 0.29) is 12.1 Å². The number of nitrogens with zero attached hydrogens (tertiary/aromatic N) is 1. The molecular formula is C28H28NPS. The van der Waals surface area contributed by atoms with E-state index in [4.69, 9.17) is 11.8 Å². The summed E-state index contributed by atoms with van der Waals surface area (Å²) in [5.41, 5.74) is 2.57. The zero-order valence-corrected chi connectivity index (χ0v) is 19.7. The van der Waals surface area contributed by atoms with Gasteiger partial charge in [-0.3, -0.25) is 4.67 Å². The lowest BCUT2D eigenvalue weighted by molar-refractivity contribution is 0.302. The second-order valence-corrected chi connectivity index (χ2v) is 12.0. The molecule has 0 radical (unpaired) electrons. The molecule has 31 heavy (non-hydrogen) atoms. The van der Waals surface area contributed by atoms with E-state index < -0.39 is 6.19 Å². The van der Waals surface area contributed by atoms with Crippen molar-refractivity contribution in [3.63, 3.8) is 0 Å². The van der Waals surface area contributed by atoms with Crippen molar-refractivity contribution in [1.82, 2.24) is 4.67 Å². The van der Waals surface area contributed by atoms with Crippen LogP contribution in [0, 0.1) is 0 Å². The van der Waals surface area contributed by atoms with Gasteiger partial charge in [0.1, 0.15) is 0 Å². The average Bonchev–Trinajstić information content (AvgIpc) is 2.86. The topological polar surface area (TPSA) is 3.24 Å². The van der Waals surface area contributed by atoms with Crippen LogP contribution in [0.25, 0.3) is 0 Å². The van der Waals surface area contributed by atoms with E-state index in [2.05, 4.69) is 140 Å². The minimum atomic E-state index is -2.31. The van der Waals surface area contributed by atoms with E-state index in [0.717, 1.165) is 0 Å². The predicted octanol–water partition coefficient (Wildman–Crippen LogP) is 6.86. The Hall–Kier alpha value is -2.51. The van der Waals surface area contributed by atoms with E-state index in [1.807, 2.05) is 0 Å². The van der Waals surface area contributed by atoms with Crippen molar-refractivity contribution in [3.05, 3.63) is 132 Å². The molecule has 0 bridgehead atoms. The molecule has 0 aliphatic carbocycles. The van der Waals surface area contributed by atoms with E-state index in [1.165, 1.54) is 21.7 Å². The fourth-order valence-electron chi connectivity index (χ4n) is 4.27. The molecule has 0 fully saturated rings. The quantitative estimate of drug-likeness (QED) is 0.288. The van der Waals surface area contributed by atoms with Crippen molar-refractivity contribution in [2.24, 2.45) is 0 Å². The Morgan fingerprint density at radius 1 is 0.516 bits per heavy atom. The van der Waals surface area contributed by atoms with Gasteiger partial charge in [-0.1, -0.05) is 133 Å². The van der Waals surface area contributed by atoms with Crippen LogP contribution in [-0.2, 0) is 11.8 Å². The highest BCUT2D eigenvalue weighted by Gasteiger charge is 2.37. The van der Waals surface area contributed by atoms with Gasteiger partial charge in [-0.25, -0.2) is 0 Å². The Bertz CT molecular complexity index is 1040. The Morgan fingerprint density at radius 3 is 1.13 bits per heavy atom. The van der Waals surface area contributed by atoms with Crippen LogP contribution in [0.15, 0.2) is 121 Å². The molecule has 0 aliphatic rings. The van der Waals surface area contributed by atoms with Gasteiger partial charge in [0.05, 0.1) is 6.19 Å². The summed E-state index contributed by atoms with van der Waals surface area (Å²) in [5.74, 6) is 0. The third-order valence-electron chi connectivity index (χ3n) is 5.90. The maximum Gasteiger partial charge on any atom is 0.0720 e. The summed E-state index contributed by atoms with van der Waals surface area (Å²) in [6.45, 7) is 4.59. The van der Waals surface area contributed by atoms with Crippen LogP contribution in [0.1, 0.15) is 37.1 Å². The third kappa shape index (κ3) is 4.43. The van der Waals surface area contributed by atoms with Crippen molar-refractivity contribution in [2.75, 3.05) is 0 Å². The average molecular weight is 442 g/mol. The van der Waals surface area contributed by atoms with E-state index in [9.17, 15) is 0 Å². The van der Waals surface area contributed by atoms with Crippen LogP contribution in [0.5, 0.6) is 0 Å². The van der Waals surface area contributed by atoms with Crippen molar-refractivity contribution >= 4 is 28.6 Å². The maximum atomic E-state index is 6.75. The van der Waals surface area contributed by atoms with E-state index >= 15 is 0 Å². The minimum absolute atomic E-state index is 0.155. The maximum absolute atomic E-state index is 6.75. The molecule has 3 heteroatoms. The van der Waals surface area contributed by atoms with Crippen molar-refractivity contribution in [3.8, 4) is 0 Å². The minimum Gasteiger partial charge on any atom is -0.254 e. The fraction of sp³-hybridized carbons (Fsp3) is 0.143. The van der Waals surface area contributed by atoms with Crippen LogP contribution < -0.4 is 10.6 Å². The van der Waals surface area contributed by atoms with Crippen molar-refractivity contribution in [2.45, 2.75) is 25.9 Å². The third-order valence-corrected chi connectivity index (χ3v) is 11.1. The van der Waals surface area contributed by atoms with Gasteiger partial charge in [-0.2, -0.15) is 0 Å². The molecule has 0 unspecified atom stereocenters. The molecule has 0 amide bonds. The fourth-order valence-corrected chi connectivity index (χ4v) is 9.07. The highest BCUT2D eigenvalue weighted by molar-refractivity contribution is 8.20. The molecular weight excluding hydrogens is 413 g/mol. The van der Waals surface area contributed by atoms with Crippen LogP contribution in [0.3, 0.4) is 0 Å². The van der Waals surface area contributed by atoms with Gasteiger partial charge in [0.2, 0.25) is 0 Å². The molecule has 0 heterocycles. The van der Waals surface area contributed by atoms with Gasteiger partial charge in [0, 0.05) is 22.7 Å². The summed E-state index contributed by atoms with van der Waals surface area (Å²) in [5, 5.41) is 2.45. The molecule has 0 aromatic heterocycles. The van der Waals surface area contributed by atoms with Crippen LogP contribution in [0.4, 0.5) is 0 Å². The molecule has 4 aromatic carbocycles. The zero-order chi connectivity index (χ0) is 21.7. The Kier molecular flexibility index (Phi) is 6.83. The molecule has 0 saturated heterocycles. The Labute approximate surface area is 191 Å². The Balaban J connectivity index is 1.96. The number of benzene rings is 4. The SMILES string of the molecule is C[C@@H](c1ccccc1)N([C@@H](C)c1ccccc1)P(=S)(c1ccccc1)c1ccccc1. The van der Waals surface area contributed by atoms with Crippen LogP contribution >= 0.6 is 6.19 Å². The van der Waals surface area contributed by atoms with Gasteiger partial charge >= 0.3 is 0 Å². The molecule has 0 saturated carbocycles. The first-order valence-corrected chi connectivity index (χ1v) is 13.5. The molecule has 4 rings (SSSR count). The second-order valence-electron chi connectivity index (χ2n) is 7.80.